The van der Waals surface area contributed by atoms with Gasteiger partial charge >= 0.3 is 24.3 Å². The quantitative estimate of drug-likeness (QED) is 0.313. The van der Waals surface area contributed by atoms with E-state index in [0.29, 0.717) is 6.42 Å². The van der Waals surface area contributed by atoms with Crippen molar-refractivity contribution in [1.29, 1.82) is 0 Å². The Labute approximate surface area is 169 Å². The summed E-state index contributed by atoms with van der Waals surface area (Å²) >= 11 is 0. The summed E-state index contributed by atoms with van der Waals surface area (Å²) in [5.74, 6) is -2.30. The highest BCUT2D eigenvalue weighted by Gasteiger charge is 2.38. The lowest BCUT2D eigenvalue weighted by Gasteiger charge is -2.26. The zero-order chi connectivity index (χ0) is 23.3. The molecular weight excluding hydrogens is 422 g/mol. The van der Waals surface area contributed by atoms with Gasteiger partial charge in [0, 0.05) is 0 Å². The van der Waals surface area contributed by atoms with Gasteiger partial charge in [0.2, 0.25) is 6.79 Å². The van der Waals surface area contributed by atoms with Gasteiger partial charge in [0.05, 0.1) is 34.8 Å². The van der Waals surface area contributed by atoms with Crippen molar-refractivity contribution in [1.82, 2.24) is 0 Å². The molecule has 0 fully saturated rings. The van der Waals surface area contributed by atoms with Crippen LogP contribution in [0.3, 0.4) is 0 Å². The molecule has 0 aliphatic heterocycles. The lowest BCUT2D eigenvalue weighted by molar-refractivity contribution is -0.168. The Morgan fingerprint density at radius 3 is 1.83 bits per heavy atom. The third-order valence-electron chi connectivity index (χ3n) is 4.21. The monoisotopic (exact) mass is 444 g/mol. The largest absolute Gasteiger partial charge is 0.427 e. The topological polar surface area (TPSA) is 61.8 Å². The molecular formula is C19H22F6O5. The van der Waals surface area contributed by atoms with Crippen LogP contribution < -0.4 is 0 Å². The maximum Gasteiger partial charge on any atom is 0.416 e. The molecule has 30 heavy (non-hydrogen) atoms. The maximum absolute atomic E-state index is 12.9. The van der Waals surface area contributed by atoms with E-state index >= 15 is 0 Å². The molecule has 0 saturated heterocycles. The number of rotatable bonds is 8. The van der Waals surface area contributed by atoms with E-state index in [1.165, 1.54) is 0 Å². The summed E-state index contributed by atoms with van der Waals surface area (Å²) in [6.07, 6.45) is -10.1. The van der Waals surface area contributed by atoms with E-state index in [2.05, 4.69) is 4.74 Å². The normalized spacial score (nSPS) is 14.4. The first-order chi connectivity index (χ1) is 13.6. The van der Waals surface area contributed by atoms with Gasteiger partial charge in [0.1, 0.15) is 0 Å². The summed E-state index contributed by atoms with van der Waals surface area (Å²) in [7, 11) is 0. The van der Waals surface area contributed by atoms with Crippen LogP contribution in [0.5, 0.6) is 0 Å². The van der Waals surface area contributed by atoms with Crippen LogP contribution in [0.15, 0.2) is 18.2 Å². The van der Waals surface area contributed by atoms with E-state index in [4.69, 9.17) is 9.47 Å². The van der Waals surface area contributed by atoms with Crippen molar-refractivity contribution in [3.05, 3.63) is 34.9 Å². The standard InChI is InChI=1S/C19H22F6O5/c1-5-17(4,9-28-11(2)3)16(27)30-10-29-15(26)12-6-13(18(20,21)22)8-14(7-12)19(23,24)25/h6-8,11H,5,9-10H2,1-4H3. The molecule has 0 radical (unpaired) electrons. The van der Waals surface area contributed by atoms with E-state index in [0.717, 1.165) is 0 Å². The Bertz CT molecular complexity index is 725. The number of halogens is 6. The minimum atomic E-state index is -5.11. The fourth-order valence-corrected chi connectivity index (χ4v) is 2.12. The summed E-state index contributed by atoms with van der Waals surface area (Å²) in [5.41, 5.74) is -5.37. The second-order valence-corrected chi connectivity index (χ2v) is 7.05. The van der Waals surface area contributed by atoms with E-state index < -0.39 is 53.2 Å². The molecule has 0 bridgehead atoms. The molecule has 0 aliphatic carbocycles. The lowest BCUT2D eigenvalue weighted by atomic mass is 9.89. The van der Waals surface area contributed by atoms with Crippen LogP contribution in [0.2, 0.25) is 0 Å². The Morgan fingerprint density at radius 2 is 1.43 bits per heavy atom. The first kappa shape index (κ1) is 25.7. The average molecular weight is 444 g/mol. The molecule has 5 nitrogen and oxygen atoms in total. The predicted molar refractivity (Wildman–Crippen MR) is 92.3 cm³/mol. The van der Waals surface area contributed by atoms with Gasteiger partial charge < -0.3 is 14.2 Å². The predicted octanol–water partition coefficient (Wildman–Crippen LogP) is 5.22. The number of hydrogen-bond donors (Lipinski definition) is 0. The molecule has 0 spiro atoms. The average Bonchev–Trinajstić information content (AvgIpc) is 2.64. The Morgan fingerprint density at radius 1 is 0.933 bits per heavy atom. The van der Waals surface area contributed by atoms with Gasteiger partial charge in [0.15, 0.2) is 0 Å². The Kier molecular flexibility index (Phi) is 8.30. The maximum atomic E-state index is 12.9. The highest BCUT2D eigenvalue weighted by Crippen LogP contribution is 2.36. The van der Waals surface area contributed by atoms with Crippen molar-refractivity contribution >= 4 is 11.9 Å². The zero-order valence-electron chi connectivity index (χ0n) is 16.7. The molecule has 0 aromatic heterocycles. The smallest absolute Gasteiger partial charge is 0.416 e. The second kappa shape index (κ2) is 9.67. The summed E-state index contributed by atoms with van der Waals surface area (Å²) in [5, 5.41) is 0. The first-order valence-corrected chi connectivity index (χ1v) is 8.85. The van der Waals surface area contributed by atoms with Crippen molar-refractivity contribution in [3.8, 4) is 0 Å². The molecule has 1 unspecified atom stereocenters. The van der Waals surface area contributed by atoms with Crippen molar-refractivity contribution in [2.45, 2.75) is 52.6 Å². The number of alkyl halides is 6. The molecule has 0 amide bonds. The number of carbonyl (C=O) groups excluding carboxylic acids is 2. The summed E-state index contributed by atoms with van der Waals surface area (Å²) in [4.78, 5) is 24.2. The molecule has 0 N–H and O–H groups in total. The summed E-state index contributed by atoms with van der Waals surface area (Å²) < 4.78 is 91.9. The van der Waals surface area contributed by atoms with Crippen molar-refractivity contribution in [2.24, 2.45) is 5.41 Å². The highest BCUT2D eigenvalue weighted by molar-refractivity contribution is 5.90. The molecule has 1 atom stereocenters. The van der Waals surface area contributed by atoms with Crippen LogP contribution in [0.1, 0.15) is 55.6 Å². The van der Waals surface area contributed by atoms with Gasteiger partial charge in [-0.15, -0.1) is 0 Å². The van der Waals surface area contributed by atoms with E-state index in [1.54, 1.807) is 27.7 Å². The van der Waals surface area contributed by atoms with Gasteiger partial charge in [0.25, 0.3) is 0 Å². The third-order valence-corrected chi connectivity index (χ3v) is 4.21. The zero-order valence-corrected chi connectivity index (χ0v) is 16.7. The molecule has 1 rings (SSSR count). The van der Waals surface area contributed by atoms with Gasteiger partial charge in [-0.2, -0.15) is 26.3 Å². The number of hydrogen-bond acceptors (Lipinski definition) is 5. The number of carbonyl (C=O) groups is 2. The van der Waals surface area contributed by atoms with Crippen LogP contribution in [0, 0.1) is 5.41 Å². The third kappa shape index (κ3) is 7.19. The minimum absolute atomic E-state index is 0.0104. The summed E-state index contributed by atoms with van der Waals surface area (Å²) in [6, 6.07) is 0.344. The van der Waals surface area contributed by atoms with Crippen LogP contribution in [-0.4, -0.2) is 31.4 Å². The van der Waals surface area contributed by atoms with E-state index in [-0.39, 0.29) is 30.9 Å². The van der Waals surface area contributed by atoms with Gasteiger partial charge in [-0.3, -0.25) is 4.79 Å². The van der Waals surface area contributed by atoms with Crippen LogP contribution in [0.25, 0.3) is 0 Å². The molecule has 0 saturated carbocycles. The van der Waals surface area contributed by atoms with Crippen molar-refractivity contribution < 1.29 is 50.1 Å². The molecule has 11 heteroatoms. The minimum Gasteiger partial charge on any atom is -0.427 e. The fourth-order valence-electron chi connectivity index (χ4n) is 2.12. The molecule has 1 aromatic rings. The van der Waals surface area contributed by atoms with E-state index in [1.807, 2.05) is 0 Å². The van der Waals surface area contributed by atoms with Gasteiger partial charge in [-0.05, 0) is 45.4 Å². The second-order valence-electron chi connectivity index (χ2n) is 7.05. The van der Waals surface area contributed by atoms with Crippen LogP contribution >= 0.6 is 0 Å². The van der Waals surface area contributed by atoms with Gasteiger partial charge in [-0.1, -0.05) is 6.92 Å². The molecule has 0 heterocycles. The SMILES string of the molecule is CCC(C)(COC(C)C)C(=O)OCOC(=O)c1cc(C(F)(F)F)cc(C(F)(F)F)c1. The number of benzene rings is 1. The fraction of sp³-hybridized carbons (Fsp3) is 0.579. The Hall–Kier alpha value is -2.30. The number of esters is 2. The van der Waals surface area contributed by atoms with E-state index in [9.17, 15) is 35.9 Å². The van der Waals surface area contributed by atoms with Crippen molar-refractivity contribution in [3.63, 3.8) is 0 Å². The van der Waals surface area contributed by atoms with Gasteiger partial charge in [-0.25, -0.2) is 4.79 Å². The summed E-state index contributed by atoms with van der Waals surface area (Å²) in [6.45, 7) is 5.78. The molecule has 0 aliphatic rings. The van der Waals surface area contributed by atoms with Crippen LogP contribution in [-0.2, 0) is 31.4 Å². The highest BCUT2D eigenvalue weighted by atomic mass is 19.4. The molecule has 170 valence electrons. The van der Waals surface area contributed by atoms with Crippen LogP contribution in [0.4, 0.5) is 26.3 Å². The van der Waals surface area contributed by atoms with Crippen molar-refractivity contribution in [2.75, 3.05) is 13.4 Å². The first-order valence-electron chi connectivity index (χ1n) is 8.85. The Balaban J connectivity index is 2.89. The lowest BCUT2D eigenvalue weighted by Crippen LogP contribution is -2.35. The number of ether oxygens (including phenoxy) is 3. The molecule has 1 aromatic carbocycles.